The van der Waals surface area contributed by atoms with Gasteiger partial charge in [0.1, 0.15) is 0 Å². The zero-order chi connectivity index (χ0) is 18.9. The summed E-state index contributed by atoms with van der Waals surface area (Å²) < 4.78 is 4.71. The SMILES string of the molecule is COC(=O)c1cccc(NC(=O)C(C)(C)c2c[nH]c3ccc(Cl)cc23)c1. The van der Waals surface area contributed by atoms with Crippen molar-refractivity contribution in [3.63, 3.8) is 0 Å². The van der Waals surface area contributed by atoms with Crippen molar-refractivity contribution in [3.05, 3.63) is 64.8 Å². The predicted molar refractivity (Wildman–Crippen MR) is 103 cm³/mol. The molecular weight excluding hydrogens is 352 g/mol. The minimum Gasteiger partial charge on any atom is -0.465 e. The number of esters is 1. The average Bonchev–Trinajstić information content (AvgIpc) is 3.04. The summed E-state index contributed by atoms with van der Waals surface area (Å²) in [5, 5.41) is 4.39. The highest BCUT2D eigenvalue weighted by Gasteiger charge is 2.32. The number of aromatic amines is 1. The van der Waals surface area contributed by atoms with Crippen LogP contribution in [0.4, 0.5) is 5.69 Å². The van der Waals surface area contributed by atoms with Crippen molar-refractivity contribution in [1.29, 1.82) is 0 Å². The molecule has 1 heterocycles. The number of hydrogen-bond acceptors (Lipinski definition) is 3. The van der Waals surface area contributed by atoms with E-state index >= 15 is 0 Å². The van der Waals surface area contributed by atoms with Gasteiger partial charge in [0, 0.05) is 27.8 Å². The van der Waals surface area contributed by atoms with Crippen LogP contribution >= 0.6 is 11.6 Å². The van der Waals surface area contributed by atoms with Crippen LogP contribution in [0.15, 0.2) is 48.7 Å². The summed E-state index contributed by atoms with van der Waals surface area (Å²) in [4.78, 5) is 27.8. The van der Waals surface area contributed by atoms with E-state index in [0.29, 0.717) is 16.3 Å². The molecule has 3 aromatic rings. The summed E-state index contributed by atoms with van der Waals surface area (Å²) in [5.41, 5.74) is 1.85. The predicted octanol–water partition coefficient (Wildman–Crippen LogP) is 4.52. The molecule has 0 aliphatic rings. The van der Waals surface area contributed by atoms with Crippen LogP contribution in [0.1, 0.15) is 29.8 Å². The molecule has 2 aromatic carbocycles. The first-order valence-electron chi connectivity index (χ1n) is 8.10. The van der Waals surface area contributed by atoms with Crippen molar-refractivity contribution in [3.8, 4) is 0 Å². The van der Waals surface area contributed by atoms with Crippen LogP contribution in [0.3, 0.4) is 0 Å². The zero-order valence-corrected chi connectivity index (χ0v) is 15.5. The Morgan fingerprint density at radius 1 is 1.15 bits per heavy atom. The molecule has 134 valence electrons. The van der Waals surface area contributed by atoms with Crippen LogP contribution in [-0.4, -0.2) is 24.0 Å². The Balaban J connectivity index is 1.91. The Hall–Kier alpha value is -2.79. The Kier molecular flexibility index (Phi) is 4.74. The quantitative estimate of drug-likeness (QED) is 0.663. The van der Waals surface area contributed by atoms with Gasteiger partial charge in [-0.05, 0) is 55.8 Å². The van der Waals surface area contributed by atoms with Crippen molar-refractivity contribution in [1.82, 2.24) is 4.98 Å². The molecule has 6 heteroatoms. The molecule has 0 bridgehead atoms. The lowest BCUT2D eigenvalue weighted by Gasteiger charge is -2.23. The molecule has 0 saturated heterocycles. The molecule has 0 spiro atoms. The molecule has 0 aliphatic carbocycles. The number of rotatable bonds is 4. The summed E-state index contributed by atoms with van der Waals surface area (Å²) in [7, 11) is 1.32. The van der Waals surface area contributed by atoms with E-state index in [4.69, 9.17) is 16.3 Å². The lowest BCUT2D eigenvalue weighted by molar-refractivity contribution is -0.120. The summed E-state index contributed by atoms with van der Waals surface area (Å²) >= 11 is 6.11. The summed E-state index contributed by atoms with van der Waals surface area (Å²) in [5.74, 6) is -0.646. The highest BCUT2D eigenvalue weighted by molar-refractivity contribution is 6.31. The maximum atomic E-state index is 12.9. The number of methoxy groups -OCH3 is 1. The van der Waals surface area contributed by atoms with Gasteiger partial charge in [0.05, 0.1) is 18.1 Å². The van der Waals surface area contributed by atoms with Crippen LogP contribution < -0.4 is 5.32 Å². The number of hydrogen-bond donors (Lipinski definition) is 2. The number of halogens is 1. The molecule has 3 rings (SSSR count). The van der Waals surface area contributed by atoms with Crippen molar-refractivity contribution in [2.24, 2.45) is 0 Å². The molecule has 1 amide bonds. The number of amides is 1. The fourth-order valence-corrected chi connectivity index (χ4v) is 3.03. The molecule has 0 aliphatic heterocycles. The largest absolute Gasteiger partial charge is 0.465 e. The Bertz CT molecular complexity index is 992. The molecule has 2 N–H and O–H groups in total. The lowest BCUT2D eigenvalue weighted by Crippen LogP contribution is -2.34. The third kappa shape index (κ3) is 3.30. The van der Waals surface area contributed by atoms with Gasteiger partial charge >= 0.3 is 5.97 Å². The van der Waals surface area contributed by atoms with Gasteiger partial charge < -0.3 is 15.0 Å². The monoisotopic (exact) mass is 370 g/mol. The molecule has 0 radical (unpaired) electrons. The first kappa shape index (κ1) is 18.0. The van der Waals surface area contributed by atoms with Crippen molar-refractivity contribution in [2.45, 2.75) is 19.3 Å². The van der Waals surface area contributed by atoms with E-state index in [1.165, 1.54) is 7.11 Å². The van der Waals surface area contributed by atoms with Crippen LogP contribution in [0, 0.1) is 0 Å². The average molecular weight is 371 g/mol. The van der Waals surface area contributed by atoms with Gasteiger partial charge in [-0.1, -0.05) is 17.7 Å². The molecular formula is C20H19ClN2O3. The molecule has 0 saturated carbocycles. The molecule has 0 atom stereocenters. The van der Waals surface area contributed by atoms with Gasteiger partial charge in [0.15, 0.2) is 0 Å². The highest BCUT2D eigenvalue weighted by atomic mass is 35.5. The number of fused-ring (bicyclic) bond motifs is 1. The number of ether oxygens (including phenoxy) is 1. The number of aromatic nitrogens is 1. The Morgan fingerprint density at radius 2 is 1.92 bits per heavy atom. The van der Waals surface area contributed by atoms with Crippen molar-refractivity contribution >= 4 is 40.1 Å². The maximum Gasteiger partial charge on any atom is 0.337 e. The molecule has 0 fully saturated rings. The third-order valence-corrected chi connectivity index (χ3v) is 4.66. The zero-order valence-electron chi connectivity index (χ0n) is 14.7. The number of H-pyrrole nitrogens is 1. The van der Waals surface area contributed by atoms with Gasteiger partial charge in [-0.25, -0.2) is 4.79 Å². The standard InChI is InChI=1S/C20H19ClN2O3/c1-20(2,16-11-22-17-8-7-13(21)10-15(16)17)19(25)23-14-6-4-5-12(9-14)18(24)26-3/h4-11,22H,1-3H3,(H,23,25). The Labute approximate surface area is 156 Å². The van der Waals surface area contributed by atoms with E-state index in [2.05, 4.69) is 10.3 Å². The number of carbonyl (C=O) groups excluding carboxylic acids is 2. The van der Waals surface area contributed by atoms with E-state index in [1.807, 2.05) is 32.2 Å². The van der Waals surface area contributed by atoms with Gasteiger partial charge in [-0.15, -0.1) is 0 Å². The highest BCUT2D eigenvalue weighted by Crippen LogP contribution is 2.33. The fourth-order valence-electron chi connectivity index (χ4n) is 2.86. The van der Waals surface area contributed by atoms with Gasteiger partial charge in [0.2, 0.25) is 5.91 Å². The van der Waals surface area contributed by atoms with Crippen molar-refractivity contribution < 1.29 is 14.3 Å². The van der Waals surface area contributed by atoms with E-state index < -0.39 is 11.4 Å². The van der Waals surface area contributed by atoms with Crippen LogP contribution in [-0.2, 0) is 14.9 Å². The number of benzene rings is 2. The number of carbonyl (C=O) groups is 2. The lowest BCUT2D eigenvalue weighted by atomic mass is 9.83. The van der Waals surface area contributed by atoms with E-state index in [1.54, 1.807) is 30.3 Å². The first-order chi connectivity index (χ1) is 12.3. The minimum atomic E-state index is -0.815. The topological polar surface area (TPSA) is 71.2 Å². The second kappa shape index (κ2) is 6.84. The third-order valence-electron chi connectivity index (χ3n) is 4.43. The van der Waals surface area contributed by atoms with Crippen LogP contribution in [0.2, 0.25) is 5.02 Å². The summed E-state index contributed by atoms with van der Waals surface area (Å²) in [6.07, 6.45) is 1.82. The summed E-state index contributed by atoms with van der Waals surface area (Å²) in [6.45, 7) is 3.69. The molecule has 1 aromatic heterocycles. The van der Waals surface area contributed by atoms with Gasteiger partial charge in [0.25, 0.3) is 0 Å². The number of anilines is 1. The fraction of sp³-hybridized carbons (Fsp3) is 0.200. The number of nitrogens with one attached hydrogen (secondary N) is 2. The van der Waals surface area contributed by atoms with Crippen molar-refractivity contribution in [2.75, 3.05) is 12.4 Å². The van der Waals surface area contributed by atoms with E-state index in [0.717, 1.165) is 16.5 Å². The maximum absolute atomic E-state index is 12.9. The minimum absolute atomic E-state index is 0.194. The molecule has 0 unspecified atom stereocenters. The first-order valence-corrected chi connectivity index (χ1v) is 8.47. The second-order valence-electron chi connectivity index (χ2n) is 6.54. The molecule has 26 heavy (non-hydrogen) atoms. The van der Waals surface area contributed by atoms with E-state index in [-0.39, 0.29) is 5.91 Å². The van der Waals surface area contributed by atoms with Gasteiger partial charge in [-0.3, -0.25) is 4.79 Å². The normalized spacial score (nSPS) is 11.4. The second-order valence-corrected chi connectivity index (χ2v) is 6.98. The summed E-state index contributed by atoms with van der Waals surface area (Å²) in [6, 6.07) is 12.2. The smallest absolute Gasteiger partial charge is 0.337 e. The molecule has 5 nitrogen and oxygen atoms in total. The van der Waals surface area contributed by atoms with Crippen LogP contribution in [0.25, 0.3) is 10.9 Å². The van der Waals surface area contributed by atoms with Crippen LogP contribution in [0.5, 0.6) is 0 Å². The van der Waals surface area contributed by atoms with E-state index in [9.17, 15) is 9.59 Å². The Morgan fingerprint density at radius 3 is 2.65 bits per heavy atom. The van der Waals surface area contributed by atoms with Gasteiger partial charge in [-0.2, -0.15) is 0 Å².